The fourth-order valence-corrected chi connectivity index (χ4v) is 0.596. The molecule has 0 radical (unpaired) electrons. The van der Waals surface area contributed by atoms with E-state index in [1.165, 1.54) is 0 Å². The number of hydrogen-bond acceptors (Lipinski definition) is 2. The standard InChI is InChI=1S/C4H8Br2N2O/c5-3(6)4(9)8-2-1-7/h3H,1-2,7H2,(H,8,9). The van der Waals surface area contributed by atoms with Crippen LogP contribution in [0.2, 0.25) is 0 Å². The summed E-state index contributed by atoms with van der Waals surface area (Å²) in [5.74, 6) is -0.0968. The Labute approximate surface area is 70.6 Å². The summed E-state index contributed by atoms with van der Waals surface area (Å²) in [4.78, 5) is 10.6. The molecule has 0 aromatic carbocycles. The van der Waals surface area contributed by atoms with Crippen LogP contribution in [0.5, 0.6) is 0 Å². The van der Waals surface area contributed by atoms with Crippen LogP contribution in [0.25, 0.3) is 0 Å². The SMILES string of the molecule is NCCNC(=O)C(Br)Br. The summed E-state index contributed by atoms with van der Waals surface area (Å²) in [5.41, 5.74) is 5.13. The fourth-order valence-electron chi connectivity index (χ4n) is 0.273. The lowest BCUT2D eigenvalue weighted by atomic mass is 10.6. The highest BCUT2D eigenvalue weighted by Crippen LogP contribution is 2.06. The van der Waals surface area contributed by atoms with Crippen LogP contribution >= 0.6 is 31.9 Å². The molecule has 0 unspecified atom stereocenters. The Bertz CT molecular complexity index is 96.6. The zero-order valence-corrected chi connectivity index (χ0v) is 7.91. The molecule has 0 aliphatic rings. The number of nitrogens with one attached hydrogen (secondary N) is 1. The van der Waals surface area contributed by atoms with Gasteiger partial charge in [0.15, 0.2) is 0 Å². The molecule has 0 spiro atoms. The summed E-state index contributed by atoms with van der Waals surface area (Å²) in [7, 11) is 0. The molecule has 0 aromatic heterocycles. The Kier molecular flexibility index (Phi) is 5.42. The van der Waals surface area contributed by atoms with Gasteiger partial charge < -0.3 is 11.1 Å². The lowest BCUT2D eigenvalue weighted by Gasteiger charge is -2.01. The van der Waals surface area contributed by atoms with Gasteiger partial charge in [-0.1, -0.05) is 31.9 Å². The van der Waals surface area contributed by atoms with E-state index in [0.717, 1.165) is 0 Å². The first-order valence-electron chi connectivity index (χ1n) is 2.44. The van der Waals surface area contributed by atoms with Gasteiger partial charge in [-0.25, -0.2) is 0 Å². The molecule has 0 fully saturated rings. The van der Waals surface area contributed by atoms with Crippen molar-refractivity contribution < 1.29 is 4.79 Å². The van der Waals surface area contributed by atoms with Crippen LogP contribution in [0.15, 0.2) is 0 Å². The molecule has 0 aromatic rings. The predicted molar refractivity (Wildman–Crippen MR) is 43.7 cm³/mol. The van der Waals surface area contributed by atoms with Crippen LogP contribution < -0.4 is 11.1 Å². The van der Waals surface area contributed by atoms with Gasteiger partial charge in [0.25, 0.3) is 0 Å². The molecule has 54 valence electrons. The second-order valence-electron chi connectivity index (χ2n) is 1.38. The van der Waals surface area contributed by atoms with Gasteiger partial charge in [-0.05, 0) is 0 Å². The van der Waals surface area contributed by atoms with E-state index in [0.29, 0.717) is 13.1 Å². The molecule has 1 amide bonds. The molecule has 3 N–H and O–H groups in total. The molecule has 5 heteroatoms. The Balaban J connectivity index is 3.28. The second kappa shape index (κ2) is 5.20. The van der Waals surface area contributed by atoms with E-state index in [2.05, 4.69) is 37.2 Å². The Morgan fingerprint density at radius 2 is 2.22 bits per heavy atom. The number of carbonyl (C=O) groups is 1. The number of rotatable bonds is 3. The number of nitrogens with two attached hydrogens (primary N) is 1. The smallest absolute Gasteiger partial charge is 0.244 e. The lowest BCUT2D eigenvalue weighted by Crippen LogP contribution is -2.32. The van der Waals surface area contributed by atoms with Crippen molar-refractivity contribution in [2.75, 3.05) is 13.1 Å². The predicted octanol–water partition coefficient (Wildman–Crippen LogP) is 0.177. The van der Waals surface area contributed by atoms with Crippen LogP contribution in [0.1, 0.15) is 0 Å². The van der Waals surface area contributed by atoms with E-state index in [4.69, 9.17) is 5.73 Å². The van der Waals surface area contributed by atoms with Gasteiger partial charge in [0.05, 0.1) is 0 Å². The van der Waals surface area contributed by atoms with E-state index in [1.54, 1.807) is 0 Å². The monoisotopic (exact) mass is 258 g/mol. The maximum atomic E-state index is 10.6. The first-order valence-corrected chi connectivity index (χ1v) is 4.27. The van der Waals surface area contributed by atoms with Crippen molar-refractivity contribution in [3.63, 3.8) is 0 Å². The summed E-state index contributed by atoms with van der Waals surface area (Å²) in [6.07, 6.45) is 0. The number of halogens is 2. The van der Waals surface area contributed by atoms with Crippen LogP contribution in [0.4, 0.5) is 0 Å². The minimum absolute atomic E-state index is 0.0968. The molecule has 3 nitrogen and oxygen atoms in total. The highest BCUT2D eigenvalue weighted by molar-refractivity contribution is 9.25. The summed E-state index contributed by atoms with van der Waals surface area (Å²) < 4.78 is -0.309. The molecule has 0 aliphatic carbocycles. The molecule has 0 atom stereocenters. The minimum atomic E-state index is -0.309. The van der Waals surface area contributed by atoms with Gasteiger partial charge in [0.2, 0.25) is 5.91 Å². The number of carbonyl (C=O) groups excluding carboxylic acids is 1. The largest absolute Gasteiger partial charge is 0.353 e. The quantitative estimate of drug-likeness (QED) is 0.711. The van der Waals surface area contributed by atoms with Gasteiger partial charge in [-0.3, -0.25) is 4.79 Å². The second-order valence-corrected chi connectivity index (χ2v) is 4.44. The van der Waals surface area contributed by atoms with Gasteiger partial charge in [-0.2, -0.15) is 0 Å². The van der Waals surface area contributed by atoms with Gasteiger partial charge in [-0.15, -0.1) is 0 Å². The van der Waals surface area contributed by atoms with E-state index in [9.17, 15) is 4.79 Å². The first-order chi connectivity index (χ1) is 4.18. The fraction of sp³-hybridized carbons (Fsp3) is 0.750. The number of alkyl halides is 2. The van der Waals surface area contributed by atoms with Crippen molar-refractivity contribution in [3.05, 3.63) is 0 Å². The van der Waals surface area contributed by atoms with Crippen LogP contribution in [-0.2, 0) is 4.79 Å². The van der Waals surface area contributed by atoms with Crippen molar-refractivity contribution in [2.45, 2.75) is 3.74 Å². The summed E-state index contributed by atoms with van der Waals surface area (Å²) in [5, 5.41) is 2.57. The maximum absolute atomic E-state index is 10.6. The van der Waals surface area contributed by atoms with E-state index in [-0.39, 0.29) is 9.64 Å². The van der Waals surface area contributed by atoms with Crippen LogP contribution in [0, 0.1) is 0 Å². The molecule has 0 aliphatic heterocycles. The maximum Gasteiger partial charge on any atom is 0.244 e. The normalized spacial score (nSPS) is 9.78. The first kappa shape index (κ1) is 9.39. The number of hydrogen-bond donors (Lipinski definition) is 2. The van der Waals surface area contributed by atoms with Crippen molar-refractivity contribution in [1.29, 1.82) is 0 Å². The Morgan fingerprint density at radius 1 is 1.67 bits per heavy atom. The lowest BCUT2D eigenvalue weighted by molar-refractivity contribution is -0.118. The van der Waals surface area contributed by atoms with Gasteiger partial charge >= 0.3 is 0 Å². The number of amides is 1. The van der Waals surface area contributed by atoms with Gasteiger partial charge in [0.1, 0.15) is 3.74 Å². The van der Waals surface area contributed by atoms with E-state index >= 15 is 0 Å². The summed E-state index contributed by atoms with van der Waals surface area (Å²) in [6, 6.07) is 0. The zero-order valence-electron chi connectivity index (χ0n) is 4.73. The Hall–Kier alpha value is 0.390. The van der Waals surface area contributed by atoms with Crippen molar-refractivity contribution >= 4 is 37.8 Å². The molecule has 0 rings (SSSR count). The highest BCUT2D eigenvalue weighted by atomic mass is 79.9. The zero-order chi connectivity index (χ0) is 7.28. The molecule has 0 saturated heterocycles. The molecule has 0 heterocycles. The van der Waals surface area contributed by atoms with Crippen molar-refractivity contribution in [2.24, 2.45) is 5.73 Å². The average Bonchev–Trinajstić information content (AvgIpc) is 1.82. The summed E-state index contributed by atoms with van der Waals surface area (Å²) in [6.45, 7) is 0.991. The Morgan fingerprint density at radius 3 is 2.56 bits per heavy atom. The molecular formula is C4H8Br2N2O. The van der Waals surface area contributed by atoms with E-state index < -0.39 is 0 Å². The summed E-state index contributed by atoms with van der Waals surface area (Å²) >= 11 is 6.07. The van der Waals surface area contributed by atoms with Crippen molar-refractivity contribution in [1.82, 2.24) is 5.32 Å². The van der Waals surface area contributed by atoms with E-state index in [1.807, 2.05) is 0 Å². The molecule has 9 heavy (non-hydrogen) atoms. The minimum Gasteiger partial charge on any atom is -0.353 e. The molecular weight excluding hydrogens is 252 g/mol. The van der Waals surface area contributed by atoms with Crippen molar-refractivity contribution in [3.8, 4) is 0 Å². The third kappa shape index (κ3) is 4.87. The van der Waals surface area contributed by atoms with Gasteiger partial charge in [0, 0.05) is 13.1 Å². The highest BCUT2D eigenvalue weighted by Gasteiger charge is 2.07. The molecule has 0 saturated carbocycles. The third-order valence-corrected chi connectivity index (χ3v) is 1.47. The molecule has 0 bridgehead atoms. The average molecular weight is 260 g/mol. The van der Waals surface area contributed by atoms with Crippen LogP contribution in [0.3, 0.4) is 0 Å². The van der Waals surface area contributed by atoms with Crippen LogP contribution in [-0.4, -0.2) is 22.7 Å². The third-order valence-electron chi connectivity index (χ3n) is 0.642. The topological polar surface area (TPSA) is 55.1 Å².